The van der Waals surface area contributed by atoms with E-state index in [0.717, 1.165) is 41.8 Å². The molecule has 0 radical (unpaired) electrons. The molecule has 1 aromatic heterocycles. The van der Waals surface area contributed by atoms with Gasteiger partial charge in [-0.2, -0.15) is 0 Å². The van der Waals surface area contributed by atoms with Gasteiger partial charge in [0.15, 0.2) is 0 Å². The molecule has 1 aliphatic heterocycles. The van der Waals surface area contributed by atoms with E-state index in [1.807, 2.05) is 17.0 Å². The Bertz CT molecular complexity index is 362. The van der Waals surface area contributed by atoms with Crippen molar-refractivity contribution in [3.8, 4) is 0 Å². The Balaban J connectivity index is 0.00000144. The molecule has 1 saturated heterocycles. The first-order chi connectivity index (χ1) is 7.75. The van der Waals surface area contributed by atoms with Gasteiger partial charge < -0.3 is 10.2 Å². The summed E-state index contributed by atoms with van der Waals surface area (Å²) in [6, 6.07) is 3.78. The van der Waals surface area contributed by atoms with Crippen LogP contribution in [0.5, 0.6) is 0 Å². The minimum absolute atomic E-state index is 0. The Morgan fingerprint density at radius 2 is 2.24 bits per heavy atom. The van der Waals surface area contributed by atoms with Crippen molar-refractivity contribution < 1.29 is 4.79 Å². The summed E-state index contributed by atoms with van der Waals surface area (Å²) >= 11 is 7.33. The van der Waals surface area contributed by atoms with E-state index in [0.29, 0.717) is 6.42 Å². The van der Waals surface area contributed by atoms with Crippen LogP contribution in [-0.2, 0) is 11.2 Å². The Kier molecular flexibility index (Phi) is 6.27. The van der Waals surface area contributed by atoms with Crippen LogP contribution in [0, 0.1) is 0 Å². The van der Waals surface area contributed by atoms with Crippen LogP contribution in [-0.4, -0.2) is 37.0 Å². The van der Waals surface area contributed by atoms with Gasteiger partial charge in [0.2, 0.25) is 5.91 Å². The SMILES string of the molecule is Cl.O=C(Cc1ccc(Cl)s1)N1CCCNCC1. The lowest BCUT2D eigenvalue weighted by atomic mass is 10.3. The summed E-state index contributed by atoms with van der Waals surface area (Å²) < 4.78 is 0.750. The maximum atomic E-state index is 12.0. The minimum atomic E-state index is 0. The van der Waals surface area contributed by atoms with Crippen LogP contribution in [0.4, 0.5) is 0 Å². The molecule has 3 nitrogen and oxygen atoms in total. The summed E-state index contributed by atoms with van der Waals surface area (Å²) in [4.78, 5) is 15.0. The lowest BCUT2D eigenvalue weighted by Crippen LogP contribution is -2.35. The number of nitrogens with zero attached hydrogens (tertiary/aromatic N) is 1. The molecule has 0 aliphatic carbocycles. The largest absolute Gasteiger partial charge is 0.341 e. The molecule has 17 heavy (non-hydrogen) atoms. The van der Waals surface area contributed by atoms with E-state index in [4.69, 9.17) is 11.6 Å². The Morgan fingerprint density at radius 1 is 1.41 bits per heavy atom. The van der Waals surface area contributed by atoms with E-state index in [1.165, 1.54) is 11.3 Å². The molecular formula is C11H16Cl2N2OS. The number of amides is 1. The van der Waals surface area contributed by atoms with Gasteiger partial charge in [0.1, 0.15) is 0 Å². The van der Waals surface area contributed by atoms with E-state index in [2.05, 4.69) is 5.32 Å². The van der Waals surface area contributed by atoms with Crippen LogP contribution >= 0.6 is 35.3 Å². The number of rotatable bonds is 2. The highest BCUT2D eigenvalue weighted by Crippen LogP contribution is 2.22. The molecule has 2 rings (SSSR count). The first-order valence-corrected chi connectivity index (χ1v) is 6.68. The van der Waals surface area contributed by atoms with Gasteiger partial charge in [-0.15, -0.1) is 23.7 Å². The van der Waals surface area contributed by atoms with Gasteiger partial charge in [-0.1, -0.05) is 11.6 Å². The normalized spacial score (nSPS) is 16.2. The Hall–Kier alpha value is -0.290. The van der Waals surface area contributed by atoms with E-state index in [-0.39, 0.29) is 18.3 Å². The van der Waals surface area contributed by atoms with Crippen molar-refractivity contribution in [1.82, 2.24) is 10.2 Å². The molecule has 1 amide bonds. The van der Waals surface area contributed by atoms with Gasteiger partial charge >= 0.3 is 0 Å². The third-order valence-electron chi connectivity index (χ3n) is 2.65. The number of hydrogen-bond donors (Lipinski definition) is 1. The number of carbonyl (C=O) groups excluding carboxylic acids is 1. The molecule has 96 valence electrons. The highest BCUT2D eigenvalue weighted by molar-refractivity contribution is 7.16. The second-order valence-corrected chi connectivity index (χ2v) is 5.67. The molecule has 2 heterocycles. The number of carbonyl (C=O) groups is 1. The molecule has 1 fully saturated rings. The fourth-order valence-corrected chi connectivity index (χ4v) is 2.88. The highest BCUT2D eigenvalue weighted by atomic mass is 35.5. The predicted molar refractivity (Wildman–Crippen MR) is 74.3 cm³/mol. The molecule has 6 heteroatoms. The van der Waals surface area contributed by atoms with Crippen molar-refractivity contribution in [2.24, 2.45) is 0 Å². The molecular weight excluding hydrogens is 279 g/mol. The molecule has 0 aromatic carbocycles. The number of hydrogen-bond acceptors (Lipinski definition) is 3. The van der Waals surface area contributed by atoms with Gasteiger partial charge in [0.05, 0.1) is 10.8 Å². The van der Waals surface area contributed by atoms with Gasteiger partial charge in [-0.05, 0) is 25.1 Å². The highest BCUT2D eigenvalue weighted by Gasteiger charge is 2.16. The molecule has 0 spiro atoms. The van der Waals surface area contributed by atoms with Gasteiger partial charge in [0.25, 0.3) is 0 Å². The summed E-state index contributed by atoms with van der Waals surface area (Å²) in [5, 5.41) is 3.29. The fourth-order valence-electron chi connectivity index (χ4n) is 1.80. The predicted octanol–water partition coefficient (Wildman–Crippen LogP) is 2.19. The molecule has 0 atom stereocenters. The van der Waals surface area contributed by atoms with Crippen LogP contribution in [0.15, 0.2) is 12.1 Å². The molecule has 0 saturated carbocycles. The van der Waals surface area contributed by atoms with Crippen molar-refractivity contribution >= 4 is 41.3 Å². The molecule has 0 bridgehead atoms. The maximum absolute atomic E-state index is 12.0. The van der Waals surface area contributed by atoms with E-state index in [9.17, 15) is 4.79 Å². The van der Waals surface area contributed by atoms with Crippen molar-refractivity contribution in [2.75, 3.05) is 26.2 Å². The van der Waals surface area contributed by atoms with Gasteiger partial charge in [-0.3, -0.25) is 4.79 Å². The lowest BCUT2D eigenvalue weighted by molar-refractivity contribution is -0.130. The lowest BCUT2D eigenvalue weighted by Gasteiger charge is -2.19. The quantitative estimate of drug-likeness (QED) is 0.907. The van der Waals surface area contributed by atoms with Crippen molar-refractivity contribution in [3.63, 3.8) is 0 Å². The zero-order valence-corrected chi connectivity index (χ0v) is 11.8. The van der Waals surface area contributed by atoms with Crippen molar-refractivity contribution in [1.29, 1.82) is 0 Å². The van der Waals surface area contributed by atoms with Crippen molar-refractivity contribution in [3.05, 3.63) is 21.3 Å². The van der Waals surface area contributed by atoms with E-state index in [1.54, 1.807) is 0 Å². The third-order valence-corrected chi connectivity index (χ3v) is 3.88. The van der Waals surface area contributed by atoms with E-state index >= 15 is 0 Å². The van der Waals surface area contributed by atoms with Crippen molar-refractivity contribution in [2.45, 2.75) is 12.8 Å². The average molecular weight is 295 g/mol. The van der Waals surface area contributed by atoms with Crippen LogP contribution in [0.3, 0.4) is 0 Å². The zero-order chi connectivity index (χ0) is 11.4. The summed E-state index contributed by atoms with van der Waals surface area (Å²) in [6.07, 6.45) is 1.52. The van der Waals surface area contributed by atoms with Crippen LogP contribution in [0.2, 0.25) is 4.34 Å². The standard InChI is InChI=1S/C11H15ClN2OS.ClH/c12-10-3-2-9(16-10)8-11(15)14-6-1-4-13-5-7-14;/h2-3,13H,1,4-8H2;1H. The summed E-state index contributed by atoms with van der Waals surface area (Å²) in [7, 11) is 0. The Morgan fingerprint density at radius 3 is 2.94 bits per heavy atom. The fraction of sp³-hybridized carbons (Fsp3) is 0.545. The van der Waals surface area contributed by atoms with Crippen LogP contribution in [0.25, 0.3) is 0 Å². The third kappa shape index (κ3) is 4.47. The second kappa shape index (κ2) is 7.21. The number of halogens is 2. The molecule has 1 N–H and O–H groups in total. The van der Waals surface area contributed by atoms with Gasteiger partial charge in [0, 0.05) is 24.5 Å². The summed E-state index contributed by atoms with van der Waals surface area (Å²) in [5.74, 6) is 0.210. The zero-order valence-electron chi connectivity index (χ0n) is 9.45. The second-order valence-electron chi connectivity index (χ2n) is 3.87. The molecule has 1 aromatic rings. The minimum Gasteiger partial charge on any atom is -0.341 e. The first-order valence-electron chi connectivity index (χ1n) is 5.48. The van der Waals surface area contributed by atoms with E-state index < -0.39 is 0 Å². The van der Waals surface area contributed by atoms with Crippen LogP contribution < -0.4 is 5.32 Å². The topological polar surface area (TPSA) is 32.3 Å². The Labute approximate surface area is 117 Å². The maximum Gasteiger partial charge on any atom is 0.227 e. The monoisotopic (exact) mass is 294 g/mol. The van der Waals surface area contributed by atoms with Gasteiger partial charge in [-0.25, -0.2) is 0 Å². The number of nitrogens with one attached hydrogen (secondary N) is 1. The van der Waals surface area contributed by atoms with Crippen LogP contribution in [0.1, 0.15) is 11.3 Å². The summed E-state index contributed by atoms with van der Waals surface area (Å²) in [6.45, 7) is 3.59. The number of thiophene rings is 1. The molecule has 0 unspecified atom stereocenters. The smallest absolute Gasteiger partial charge is 0.227 e. The average Bonchev–Trinajstić information content (AvgIpc) is 2.56. The molecule has 1 aliphatic rings. The summed E-state index contributed by atoms with van der Waals surface area (Å²) in [5.41, 5.74) is 0. The first kappa shape index (κ1) is 14.8.